The Bertz CT molecular complexity index is 603. The summed E-state index contributed by atoms with van der Waals surface area (Å²) in [5.74, 6) is -1.82. The molecule has 0 radical (unpaired) electrons. The van der Waals surface area contributed by atoms with Gasteiger partial charge in [-0.15, -0.1) is 0 Å². The van der Waals surface area contributed by atoms with Crippen LogP contribution in [-0.4, -0.2) is 22.6 Å². The molecule has 6 heteroatoms. The summed E-state index contributed by atoms with van der Waals surface area (Å²) >= 11 is 4.64. The summed E-state index contributed by atoms with van der Waals surface area (Å²) < 4.78 is 39.6. The summed E-state index contributed by atoms with van der Waals surface area (Å²) in [4.78, 5) is 1.20. The molecule has 0 saturated carbocycles. The van der Waals surface area contributed by atoms with Gasteiger partial charge in [-0.3, -0.25) is 4.90 Å². The summed E-state index contributed by atoms with van der Waals surface area (Å²) in [5.41, 5.74) is 7.23. The largest absolute Gasteiger partial charge is 0.399 e. The quantitative estimate of drug-likeness (QED) is 0.759. The number of rotatable bonds is 7. The van der Waals surface area contributed by atoms with Gasteiger partial charge < -0.3 is 5.73 Å². The Hall–Kier alpha value is -1.92. The normalized spacial score (nSPS) is 13.0. The van der Waals surface area contributed by atoms with Crippen LogP contribution in [0.3, 0.4) is 0 Å². The van der Waals surface area contributed by atoms with Gasteiger partial charge >= 0.3 is 6.18 Å². The molecule has 1 atom stereocenters. The fourth-order valence-corrected chi connectivity index (χ4v) is 2.69. The van der Waals surface area contributed by atoms with Crippen LogP contribution < -0.4 is 5.73 Å². The first-order valence-electron chi connectivity index (χ1n) is 7.52. The van der Waals surface area contributed by atoms with E-state index in [0.717, 1.165) is 11.1 Å². The van der Waals surface area contributed by atoms with Gasteiger partial charge in [0, 0.05) is 19.6 Å². The Morgan fingerprint density at radius 3 is 1.67 bits per heavy atom. The van der Waals surface area contributed by atoms with E-state index in [-0.39, 0.29) is 6.54 Å². The van der Waals surface area contributed by atoms with Crippen molar-refractivity contribution in [2.24, 2.45) is 11.7 Å². The molecule has 0 heterocycles. The first kappa shape index (κ1) is 18.4. The second kappa shape index (κ2) is 8.26. The second-order valence-corrected chi connectivity index (χ2v) is 6.11. The fourth-order valence-electron chi connectivity index (χ4n) is 2.48. The summed E-state index contributed by atoms with van der Waals surface area (Å²) in [7, 11) is 0. The predicted octanol–water partition coefficient (Wildman–Crippen LogP) is 4.15. The van der Waals surface area contributed by atoms with Crippen LogP contribution in [0.5, 0.6) is 0 Å². The topological polar surface area (TPSA) is 29.3 Å². The minimum atomic E-state index is -4.45. The van der Waals surface area contributed by atoms with Crippen LogP contribution in [0.2, 0.25) is 0 Å². The molecule has 2 aromatic rings. The fraction of sp³-hybridized carbons (Fsp3) is 0.278. The van der Waals surface area contributed by atoms with Gasteiger partial charge in [-0.05, 0) is 11.1 Å². The maximum atomic E-state index is 13.2. The van der Waals surface area contributed by atoms with E-state index < -0.39 is 17.1 Å². The van der Waals surface area contributed by atoms with Gasteiger partial charge in [-0.2, -0.15) is 13.2 Å². The van der Waals surface area contributed by atoms with E-state index in [4.69, 9.17) is 5.73 Å². The van der Waals surface area contributed by atoms with E-state index in [1.165, 1.54) is 0 Å². The number of nitrogens with zero attached hydrogens (tertiary/aromatic N) is 1. The van der Waals surface area contributed by atoms with Crippen LogP contribution >= 0.6 is 12.2 Å². The maximum absolute atomic E-state index is 13.2. The van der Waals surface area contributed by atoms with Crippen molar-refractivity contribution in [3.63, 3.8) is 0 Å². The highest BCUT2D eigenvalue weighted by molar-refractivity contribution is 7.80. The van der Waals surface area contributed by atoms with Gasteiger partial charge in [0.05, 0.1) is 4.99 Å². The Labute approximate surface area is 145 Å². The number of halogens is 3. The lowest BCUT2D eigenvalue weighted by Gasteiger charge is -2.28. The van der Waals surface area contributed by atoms with Crippen LogP contribution in [0.25, 0.3) is 0 Å². The molecule has 0 aliphatic heterocycles. The monoisotopic (exact) mass is 352 g/mol. The molecule has 2 aromatic carbocycles. The first-order valence-corrected chi connectivity index (χ1v) is 7.93. The molecule has 0 aliphatic rings. The second-order valence-electron chi connectivity index (χ2n) is 5.64. The van der Waals surface area contributed by atoms with Gasteiger partial charge in [0.1, 0.15) is 5.92 Å². The van der Waals surface area contributed by atoms with E-state index >= 15 is 0 Å². The molecular formula is C18H19F3N2S. The molecule has 0 spiro atoms. The molecule has 128 valence electrons. The first-order chi connectivity index (χ1) is 11.4. The van der Waals surface area contributed by atoms with Crippen LogP contribution in [0.15, 0.2) is 60.7 Å². The van der Waals surface area contributed by atoms with Crippen molar-refractivity contribution in [1.29, 1.82) is 0 Å². The zero-order valence-corrected chi connectivity index (χ0v) is 13.9. The Morgan fingerprint density at radius 2 is 1.33 bits per heavy atom. The summed E-state index contributed by atoms with van der Waals surface area (Å²) in [6.07, 6.45) is -4.45. The highest BCUT2D eigenvalue weighted by Crippen LogP contribution is 2.28. The van der Waals surface area contributed by atoms with Crippen LogP contribution in [0.1, 0.15) is 11.1 Å². The number of thiocarbonyl (C=S) groups is 1. The van der Waals surface area contributed by atoms with E-state index in [9.17, 15) is 13.2 Å². The highest BCUT2D eigenvalue weighted by Gasteiger charge is 2.42. The molecule has 0 aliphatic carbocycles. The predicted molar refractivity (Wildman–Crippen MR) is 93.3 cm³/mol. The van der Waals surface area contributed by atoms with Crippen molar-refractivity contribution in [2.45, 2.75) is 19.3 Å². The third-order valence-electron chi connectivity index (χ3n) is 3.68. The SMILES string of the molecule is NC(=S)C(CN(Cc1ccccc1)Cc1ccccc1)C(F)(F)F. The number of benzene rings is 2. The van der Waals surface area contributed by atoms with E-state index in [1.54, 1.807) is 4.90 Å². The average Bonchev–Trinajstić information content (AvgIpc) is 2.53. The van der Waals surface area contributed by atoms with Gasteiger partial charge in [0.2, 0.25) is 0 Å². The molecule has 0 amide bonds. The molecule has 2 N–H and O–H groups in total. The van der Waals surface area contributed by atoms with Crippen LogP contribution in [0, 0.1) is 5.92 Å². The molecular weight excluding hydrogens is 333 g/mol. The third-order valence-corrected chi connectivity index (χ3v) is 3.96. The molecule has 0 fully saturated rings. The Morgan fingerprint density at radius 1 is 0.917 bits per heavy atom. The van der Waals surface area contributed by atoms with Crippen molar-refractivity contribution in [3.8, 4) is 0 Å². The van der Waals surface area contributed by atoms with Crippen molar-refractivity contribution in [3.05, 3.63) is 71.8 Å². The number of hydrogen-bond donors (Lipinski definition) is 1. The molecule has 1 unspecified atom stereocenters. The summed E-state index contributed by atoms with van der Waals surface area (Å²) in [5, 5.41) is 0. The maximum Gasteiger partial charge on any atom is 0.399 e. The zero-order chi connectivity index (χ0) is 17.6. The van der Waals surface area contributed by atoms with E-state index in [1.807, 2.05) is 60.7 Å². The van der Waals surface area contributed by atoms with Crippen molar-refractivity contribution < 1.29 is 13.2 Å². The Balaban J connectivity index is 2.19. The molecule has 2 rings (SSSR count). The average molecular weight is 352 g/mol. The molecule has 2 nitrogen and oxygen atoms in total. The minimum Gasteiger partial charge on any atom is -0.393 e. The molecule has 0 bridgehead atoms. The van der Waals surface area contributed by atoms with Gasteiger partial charge in [-0.1, -0.05) is 72.9 Å². The number of hydrogen-bond acceptors (Lipinski definition) is 2. The smallest absolute Gasteiger partial charge is 0.393 e. The van der Waals surface area contributed by atoms with Crippen LogP contribution in [0.4, 0.5) is 13.2 Å². The van der Waals surface area contributed by atoms with Crippen molar-refractivity contribution in [2.75, 3.05) is 6.54 Å². The lowest BCUT2D eigenvalue weighted by atomic mass is 10.1. The van der Waals surface area contributed by atoms with Crippen LogP contribution in [-0.2, 0) is 13.1 Å². The van der Waals surface area contributed by atoms with Crippen molar-refractivity contribution in [1.82, 2.24) is 4.90 Å². The van der Waals surface area contributed by atoms with E-state index in [2.05, 4.69) is 12.2 Å². The lowest BCUT2D eigenvalue weighted by Crippen LogP contribution is -2.43. The number of nitrogens with two attached hydrogens (primary N) is 1. The minimum absolute atomic E-state index is 0.261. The number of alkyl halides is 3. The molecule has 0 saturated heterocycles. The van der Waals surface area contributed by atoms with Crippen molar-refractivity contribution >= 4 is 17.2 Å². The zero-order valence-electron chi connectivity index (χ0n) is 13.0. The third kappa shape index (κ3) is 5.62. The molecule has 24 heavy (non-hydrogen) atoms. The van der Waals surface area contributed by atoms with E-state index in [0.29, 0.717) is 13.1 Å². The summed E-state index contributed by atoms with van der Waals surface area (Å²) in [6.45, 7) is 0.526. The van der Waals surface area contributed by atoms with Gasteiger partial charge in [0.15, 0.2) is 0 Å². The molecule has 0 aromatic heterocycles. The lowest BCUT2D eigenvalue weighted by molar-refractivity contribution is -0.160. The van der Waals surface area contributed by atoms with Gasteiger partial charge in [0.25, 0.3) is 0 Å². The summed E-state index contributed by atoms with van der Waals surface area (Å²) in [6, 6.07) is 18.8. The Kier molecular flexibility index (Phi) is 6.34. The standard InChI is InChI=1S/C18H19F3N2S/c19-18(20,21)16(17(22)24)13-23(11-14-7-3-1-4-8-14)12-15-9-5-2-6-10-15/h1-10,16H,11-13H2,(H2,22,24). The van der Waals surface area contributed by atoms with Gasteiger partial charge in [-0.25, -0.2) is 0 Å². The highest BCUT2D eigenvalue weighted by atomic mass is 32.1.